The number of hydrogen-bond donors (Lipinski definition) is 2. The molecule has 0 spiro atoms. The zero-order valence-electron chi connectivity index (χ0n) is 16.1. The number of hydrogen-bond acceptors (Lipinski definition) is 3. The lowest BCUT2D eigenvalue weighted by Crippen LogP contribution is -2.31. The lowest BCUT2D eigenvalue weighted by atomic mass is 10.1. The molecule has 2 aromatic rings. The van der Waals surface area contributed by atoms with Crippen LogP contribution in [0.4, 0.5) is 0 Å². The summed E-state index contributed by atoms with van der Waals surface area (Å²) in [6.45, 7) is 10.1. The quantitative estimate of drug-likeness (QED) is 0.752. The van der Waals surface area contributed by atoms with Crippen LogP contribution in [0.1, 0.15) is 33.5 Å². The molecule has 0 aliphatic rings. The summed E-state index contributed by atoms with van der Waals surface area (Å²) in [5, 5.41) is 5.51. The van der Waals surface area contributed by atoms with Crippen LogP contribution < -0.4 is 15.4 Å². The largest absolute Gasteiger partial charge is 0.484 e. The molecule has 0 aliphatic heterocycles. The van der Waals surface area contributed by atoms with Gasteiger partial charge in [0.25, 0.3) is 11.8 Å². The van der Waals surface area contributed by atoms with Gasteiger partial charge in [0.1, 0.15) is 5.75 Å². The smallest absolute Gasteiger partial charge is 0.262 e. The third kappa shape index (κ3) is 6.62. The van der Waals surface area contributed by atoms with E-state index in [1.807, 2.05) is 57.2 Å². The van der Waals surface area contributed by atoms with Gasteiger partial charge < -0.3 is 15.4 Å². The number of carbonyl (C=O) groups excluding carboxylic acids is 2. The Bertz CT molecular complexity index is 843. The average molecular weight is 366 g/mol. The van der Waals surface area contributed by atoms with Crippen LogP contribution >= 0.6 is 0 Å². The summed E-state index contributed by atoms with van der Waals surface area (Å²) in [6, 6.07) is 13.1. The zero-order chi connectivity index (χ0) is 19.8. The van der Waals surface area contributed by atoms with Crippen molar-refractivity contribution >= 4 is 11.8 Å². The van der Waals surface area contributed by atoms with Crippen molar-refractivity contribution in [2.75, 3.05) is 13.2 Å². The van der Waals surface area contributed by atoms with Gasteiger partial charge in [-0.25, -0.2) is 0 Å². The normalized spacial score (nSPS) is 10.2. The highest BCUT2D eigenvalue weighted by Crippen LogP contribution is 2.16. The first-order valence-corrected chi connectivity index (χ1v) is 8.87. The van der Waals surface area contributed by atoms with Crippen molar-refractivity contribution in [3.8, 4) is 5.75 Å². The highest BCUT2D eigenvalue weighted by Gasteiger charge is 2.07. The van der Waals surface area contributed by atoms with E-state index in [9.17, 15) is 9.59 Å². The molecule has 5 nitrogen and oxygen atoms in total. The van der Waals surface area contributed by atoms with Crippen molar-refractivity contribution in [2.45, 2.75) is 27.2 Å². The van der Waals surface area contributed by atoms with Gasteiger partial charge in [-0.15, -0.1) is 0 Å². The van der Waals surface area contributed by atoms with E-state index in [1.54, 1.807) is 6.07 Å². The van der Waals surface area contributed by atoms with Crippen LogP contribution in [-0.2, 0) is 4.79 Å². The van der Waals surface area contributed by atoms with Gasteiger partial charge in [0.2, 0.25) is 0 Å². The Kier molecular flexibility index (Phi) is 7.17. The fraction of sp³-hybridized carbons (Fsp3) is 0.273. The summed E-state index contributed by atoms with van der Waals surface area (Å²) in [7, 11) is 0. The van der Waals surface area contributed by atoms with E-state index >= 15 is 0 Å². The summed E-state index contributed by atoms with van der Waals surface area (Å²) in [4.78, 5) is 24.0. The zero-order valence-corrected chi connectivity index (χ0v) is 16.1. The van der Waals surface area contributed by atoms with Gasteiger partial charge in [-0.1, -0.05) is 30.3 Å². The first kappa shape index (κ1) is 20.2. The lowest BCUT2D eigenvalue weighted by Gasteiger charge is -2.11. The molecule has 27 heavy (non-hydrogen) atoms. The third-order valence-electron chi connectivity index (χ3n) is 4.16. The fourth-order valence-electron chi connectivity index (χ4n) is 2.46. The van der Waals surface area contributed by atoms with Crippen LogP contribution in [0.3, 0.4) is 0 Å². The molecule has 0 aliphatic carbocycles. The number of aryl methyl sites for hydroxylation is 3. The van der Waals surface area contributed by atoms with Gasteiger partial charge in [-0.05, 0) is 56.2 Å². The minimum Gasteiger partial charge on any atom is -0.484 e. The molecule has 0 saturated heterocycles. The molecule has 5 heteroatoms. The highest BCUT2D eigenvalue weighted by atomic mass is 16.5. The van der Waals surface area contributed by atoms with E-state index in [4.69, 9.17) is 4.74 Å². The molecule has 2 amide bonds. The van der Waals surface area contributed by atoms with Gasteiger partial charge in [-0.3, -0.25) is 9.59 Å². The van der Waals surface area contributed by atoms with Crippen LogP contribution in [-0.4, -0.2) is 25.0 Å². The number of rotatable bonds is 8. The molecule has 0 unspecified atom stereocenters. The topological polar surface area (TPSA) is 67.4 Å². The summed E-state index contributed by atoms with van der Waals surface area (Å²) in [6.07, 6.45) is 0.451. The van der Waals surface area contributed by atoms with E-state index in [0.717, 1.165) is 11.1 Å². The molecule has 142 valence electrons. The molecule has 0 aromatic heterocycles. The van der Waals surface area contributed by atoms with Crippen LogP contribution in [0, 0.1) is 20.8 Å². The van der Waals surface area contributed by atoms with E-state index < -0.39 is 0 Å². The van der Waals surface area contributed by atoms with Crippen molar-refractivity contribution in [3.05, 3.63) is 77.0 Å². The maximum Gasteiger partial charge on any atom is 0.262 e. The Hall–Kier alpha value is -3.08. The molecule has 0 heterocycles. The fourth-order valence-corrected chi connectivity index (χ4v) is 2.46. The van der Waals surface area contributed by atoms with Crippen molar-refractivity contribution < 1.29 is 14.3 Å². The number of carbonyl (C=O) groups is 2. The average Bonchev–Trinajstić information content (AvgIpc) is 2.62. The van der Waals surface area contributed by atoms with Crippen molar-refractivity contribution in [2.24, 2.45) is 0 Å². The second-order valence-electron chi connectivity index (χ2n) is 6.56. The van der Waals surface area contributed by atoms with Crippen LogP contribution in [0.2, 0.25) is 0 Å². The van der Waals surface area contributed by atoms with Gasteiger partial charge in [0.15, 0.2) is 6.61 Å². The molecule has 0 bridgehead atoms. The van der Waals surface area contributed by atoms with Crippen LogP contribution in [0.5, 0.6) is 5.75 Å². The Labute approximate surface area is 160 Å². The second kappa shape index (κ2) is 9.57. The number of nitrogens with one attached hydrogen (secondary N) is 2. The molecular weight excluding hydrogens is 340 g/mol. The Morgan fingerprint density at radius 1 is 1.04 bits per heavy atom. The Morgan fingerprint density at radius 2 is 1.81 bits per heavy atom. The maximum atomic E-state index is 12.1. The summed E-state index contributed by atoms with van der Waals surface area (Å²) < 4.78 is 5.49. The molecule has 0 radical (unpaired) electrons. The molecular formula is C22H26N2O3. The predicted octanol–water partition coefficient (Wildman–Crippen LogP) is 3.44. The first-order chi connectivity index (χ1) is 12.8. The minimum absolute atomic E-state index is 0.0861. The van der Waals surface area contributed by atoms with E-state index in [0.29, 0.717) is 30.0 Å². The second-order valence-corrected chi connectivity index (χ2v) is 6.56. The van der Waals surface area contributed by atoms with Crippen LogP contribution in [0.15, 0.2) is 54.7 Å². The molecule has 0 fully saturated rings. The van der Waals surface area contributed by atoms with Crippen molar-refractivity contribution in [1.82, 2.24) is 10.6 Å². The molecule has 2 aromatic carbocycles. The minimum atomic E-state index is -0.275. The first-order valence-electron chi connectivity index (χ1n) is 8.87. The number of amides is 2. The van der Waals surface area contributed by atoms with Crippen molar-refractivity contribution in [1.29, 1.82) is 0 Å². The van der Waals surface area contributed by atoms with Gasteiger partial charge in [-0.2, -0.15) is 0 Å². The van der Waals surface area contributed by atoms with E-state index in [2.05, 4.69) is 17.2 Å². The molecule has 2 rings (SSSR count). The molecule has 0 saturated carbocycles. The third-order valence-corrected chi connectivity index (χ3v) is 4.16. The van der Waals surface area contributed by atoms with E-state index in [1.165, 1.54) is 5.56 Å². The predicted molar refractivity (Wildman–Crippen MR) is 107 cm³/mol. The van der Waals surface area contributed by atoms with Gasteiger partial charge in [0, 0.05) is 24.2 Å². The van der Waals surface area contributed by atoms with Gasteiger partial charge in [0.05, 0.1) is 0 Å². The van der Waals surface area contributed by atoms with Gasteiger partial charge >= 0.3 is 0 Å². The standard InChI is InChI=1S/C22H26N2O3/c1-15-6-5-7-19(12-15)22(26)23-11-10-18(4)24-21(25)14-27-20-9-8-16(2)17(3)13-20/h5-9,12-13H,4,10-11,14H2,1-3H3,(H,23,26)(H,24,25). The number of benzene rings is 2. The number of ether oxygens (including phenoxy) is 1. The SMILES string of the molecule is C=C(CCNC(=O)c1cccc(C)c1)NC(=O)COc1ccc(C)c(C)c1. The molecule has 0 atom stereocenters. The maximum absolute atomic E-state index is 12.1. The van der Waals surface area contributed by atoms with E-state index in [-0.39, 0.29) is 18.4 Å². The monoisotopic (exact) mass is 366 g/mol. The highest BCUT2D eigenvalue weighted by molar-refractivity contribution is 5.94. The molecule has 2 N–H and O–H groups in total. The Balaban J connectivity index is 1.69. The summed E-state index contributed by atoms with van der Waals surface area (Å²) in [5.41, 5.74) is 4.47. The van der Waals surface area contributed by atoms with Crippen LogP contribution in [0.25, 0.3) is 0 Å². The summed E-state index contributed by atoms with van der Waals surface area (Å²) >= 11 is 0. The van der Waals surface area contributed by atoms with Crippen molar-refractivity contribution in [3.63, 3.8) is 0 Å². The lowest BCUT2D eigenvalue weighted by molar-refractivity contribution is -0.122. The Morgan fingerprint density at radius 3 is 2.52 bits per heavy atom. The summed E-state index contributed by atoms with van der Waals surface area (Å²) in [5.74, 6) is 0.239.